The molecule has 2 saturated heterocycles. The van der Waals surface area contributed by atoms with Gasteiger partial charge in [-0.15, -0.1) is 0 Å². The fourth-order valence-corrected chi connectivity index (χ4v) is 4.91. The van der Waals surface area contributed by atoms with Gasteiger partial charge in [0.2, 0.25) is 5.91 Å². The number of hydrogen-bond acceptors (Lipinski definition) is 5. The van der Waals surface area contributed by atoms with Gasteiger partial charge in [-0.1, -0.05) is 42.0 Å². The number of hydrogen-bond donors (Lipinski definition) is 1. The summed E-state index contributed by atoms with van der Waals surface area (Å²) in [6.07, 6.45) is 0. The fourth-order valence-electron chi connectivity index (χ4n) is 4.91. The molecule has 3 atom stereocenters. The summed E-state index contributed by atoms with van der Waals surface area (Å²) in [6.45, 7) is 5.86. The zero-order valence-electron chi connectivity index (χ0n) is 20.1. The van der Waals surface area contributed by atoms with Crippen LogP contribution in [-0.2, 0) is 9.59 Å². The van der Waals surface area contributed by atoms with Crippen LogP contribution in [0.25, 0.3) is 0 Å². The van der Waals surface area contributed by atoms with Crippen molar-refractivity contribution in [2.24, 2.45) is 5.92 Å². The molecule has 0 saturated carbocycles. The minimum absolute atomic E-state index is 0.342. The molecule has 5 rings (SSSR count). The molecule has 2 aliphatic rings. The SMILES string of the molecule is COc1ccccc1[C@@H]1NN(C(=O)c2ccc(C)cc2)[C@@H]2C(=O)N(c3ccc(C)c(C)c3)C(=O)[C@H]21. The predicted octanol–water partition coefficient (Wildman–Crippen LogP) is 3.88. The van der Waals surface area contributed by atoms with E-state index in [0.717, 1.165) is 16.7 Å². The Kier molecular flexibility index (Phi) is 5.65. The van der Waals surface area contributed by atoms with Gasteiger partial charge < -0.3 is 4.74 Å². The first-order valence-corrected chi connectivity index (χ1v) is 11.6. The van der Waals surface area contributed by atoms with Crippen molar-refractivity contribution >= 4 is 23.4 Å². The van der Waals surface area contributed by atoms with Crippen molar-refractivity contribution < 1.29 is 19.1 Å². The first-order valence-electron chi connectivity index (χ1n) is 11.6. The lowest BCUT2D eigenvalue weighted by atomic mass is 9.90. The van der Waals surface area contributed by atoms with Gasteiger partial charge in [0, 0.05) is 11.1 Å². The van der Waals surface area contributed by atoms with Gasteiger partial charge in [0.25, 0.3) is 11.8 Å². The number of nitrogens with one attached hydrogen (secondary N) is 1. The number of amides is 3. The third-order valence-corrected chi connectivity index (χ3v) is 6.97. The second kappa shape index (κ2) is 8.67. The number of carbonyl (C=O) groups is 3. The Morgan fingerprint density at radius 1 is 0.886 bits per heavy atom. The first kappa shape index (κ1) is 22.8. The number of imide groups is 1. The number of anilines is 1. The van der Waals surface area contributed by atoms with E-state index in [9.17, 15) is 14.4 Å². The van der Waals surface area contributed by atoms with E-state index < -0.39 is 23.9 Å². The molecule has 7 heteroatoms. The second-order valence-corrected chi connectivity index (χ2v) is 9.14. The highest BCUT2D eigenvalue weighted by molar-refractivity contribution is 6.25. The third kappa shape index (κ3) is 3.68. The number of nitrogens with zero attached hydrogens (tertiary/aromatic N) is 2. The highest BCUT2D eigenvalue weighted by Crippen LogP contribution is 2.44. The molecular formula is C28H27N3O4. The highest BCUT2D eigenvalue weighted by atomic mass is 16.5. The molecule has 2 fully saturated rings. The number of rotatable bonds is 4. The summed E-state index contributed by atoms with van der Waals surface area (Å²) in [5, 5.41) is 1.33. The minimum Gasteiger partial charge on any atom is -0.496 e. The number of ether oxygens (including phenoxy) is 1. The smallest absolute Gasteiger partial charge is 0.268 e. The lowest BCUT2D eigenvalue weighted by molar-refractivity contribution is -0.123. The largest absolute Gasteiger partial charge is 0.496 e. The highest BCUT2D eigenvalue weighted by Gasteiger charge is 2.60. The van der Waals surface area contributed by atoms with Crippen molar-refractivity contribution in [2.45, 2.75) is 32.9 Å². The second-order valence-electron chi connectivity index (χ2n) is 9.14. The predicted molar refractivity (Wildman–Crippen MR) is 132 cm³/mol. The van der Waals surface area contributed by atoms with Crippen LogP contribution in [-0.4, -0.2) is 35.9 Å². The van der Waals surface area contributed by atoms with Crippen LogP contribution in [0.4, 0.5) is 5.69 Å². The van der Waals surface area contributed by atoms with Gasteiger partial charge in [-0.05, 0) is 62.2 Å². The molecule has 0 spiro atoms. The number of para-hydroxylation sites is 1. The average molecular weight is 470 g/mol. The van der Waals surface area contributed by atoms with Crippen LogP contribution in [0.5, 0.6) is 5.75 Å². The molecule has 2 aliphatic heterocycles. The Morgan fingerprint density at radius 2 is 1.60 bits per heavy atom. The van der Waals surface area contributed by atoms with Crippen molar-refractivity contribution in [1.29, 1.82) is 0 Å². The first-order chi connectivity index (χ1) is 16.8. The Balaban J connectivity index is 1.61. The standard InChI is InChI=1S/C28H27N3O4/c1-16-9-12-19(13-10-16)26(32)31-25-23(24(29-31)21-7-5-6-8-22(21)35-4)27(33)30(28(25)34)20-14-11-17(2)18(3)15-20/h5-15,23-25,29H,1-4H3/t23-,24-,25-/m0/s1. The van der Waals surface area contributed by atoms with E-state index in [1.165, 1.54) is 9.91 Å². The maximum atomic E-state index is 13.8. The van der Waals surface area contributed by atoms with E-state index in [1.54, 1.807) is 31.4 Å². The molecule has 7 nitrogen and oxygen atoms in total. The molecule has 1 N–H and O–H groups in total. The van der Waals surface area contributed by atoms with Crippen LogP contribution in [0, 0.1) is 26.7 Å². The zero-order chi connectivity index (χ0) is 24.9. The monoisotopic (exact) mass is 469 g/mol. The van der Waals surface area contributed by atoms with Gasteiger partial charge in [-0.3, -0.25) is 19.4 Å². The van der Waals surface area contributed by atoms with Crippen molar-refractivity contribution in [3.8, 4) is 5.75 Å². The molecule has 2 heterocycles. The lowest BCUT2D eigenvalue weighted by Gasteiger charge is -2.26. The number of hydrazine groups is 1. The summed E-state index contributed by atoms with van der Waals surface area (Å²) in [5.74, 6) is -1.34. The molecular weight excluding hydrogens is 442 g/mol. The molecule has 3 aromatic carbocycles. The van der Waals surface area contributed by atoms with E-state index >= 15 is 0 Å². The topological polar surface area (TPSA) is 79.0 Å². The van der Waals surface area contributed by atoms with E-state index in [4.69, 9.17) is 4.74 Å². The summed E-state index contributed by atoms with van der Waals surface area (Å²) in [5.41, 5.74) is 7.92. The molecule has 178 valence electrons. The zero-order valence-corrected chi connectivity index (χ0v) is 20.1. The van der Waals surface area contributed by atoms with Crippen LogP contribution in [0.1, 0.15) is 38.7 Å². The summed E-state index contributed by atoms with van der Waals surface area (Å²) in [4.78, 5) is 42.4. The van der Waals surface area contributed by atoms with Crippen LogP contribution in [0.3, 0.4) is 0 Å². The molecule has 3 amide bonds. The van der Waals surface area contributed by atoms with Gasteiger partial charge in [0.1, 0.15) is 11.8 Å². The summed E-state index contributed by atoms with van der Waals surface area (Å²) >= 11 is 0. The average Bonchev–Trinajstić information content (AvgIpc) is 3.37. The molecule has 0 unspecified atom stereocenters. The molecule has 0 bridgehead atoms. The van der Waals surface area contributed by atoms with Crippen LogP contribution < -0.4 is 15.1 Å². The van der Waals surface area contributed by atoms with E-state index in [1.807, 2.05) is 63.2 Å². The van der Waals surface area contributed by atoms with Gasteiger partial charge in [-0.25, -0.2) is 10.3 Å². The maximum Gasteiger partial charge on any atom is 0.268 e. The lowest BCUT2D eigenvalue weighted by Crippen LogP contribution is -2.48. The fraction of sp³-hybridized carbons (Fsp3) is 0.250. The number of benzene rings is 3. The van der Waals surface area contributed by atoms with Crippen LogP contribution in [0.2, 0.25) is 0 Å². The van der Waals surface area contributed by atoms with Crippen molar-refractivity contribution in [3.63, 3.8) is 0 Å². The van der Waals surface area contributed by atoms with Gasteiger partial charge >= 0.3 is 0 Å². The summed E-state index contributed by atoms with van der Waals surface area (Å²) in [7, 11) is 1.56. The quantitative estimate of drug-likeness (QED) is 0.587. The Hall–Kier alpha value is -3.97. The van der Waals surface area contributed by atoms with Crippen LogP contribution in [0.15, 0.2) is 66.7 Å². The third-order valence-electron chi connectivity index (χ3n) is 6.97. The molecule has 0 aromatic heterocycles. The molecule has 0 radical (unpaired) electrons. The maximum absolute atomic E-state index is 13.8. The normalized spacial score (nSPS) is 21.4. The van der Waals surface area contributed by atoms with E-state index in [0.29, 0.717) is 22.6 Å². The molecule has 35 heavy (non-hydrogen) atoms. The van der Waals surface area contributed by atoms with E-state index in [-0.39, 0.29) is 11.8 Å². The van der Waals surface area contributed by atoms with Crippen molar-refractivity contribution in [3.05, 3.63) is 94.5 Å². The van der Waals surface area contributed by atoms with Gasteiger partial charge in [0.15, 0.2) is 0 Å². The number of carbonyl (C=O) groups excluding carboxylic acids is 3. The summed E-state index contributed by atoms with van der Waals surface area (Å²) in [6, 6.07) is 18.4. The number of fused-ring (bicyclic) bond motifs is 1. The van der Waals surface area contributed by atoms with Gasteiger partial charge in [-0.2, -0.15) is 0 Å². The van der Waals surface area contributed by atoms with Crippen LogP contribution >= 0.6 is 0 Å². The van der Waals surface area contributed by atoms with E-state index in [2.05, 4.69) is 5.43 Å². The number of aryl methyl sites for hydroxylation is 3. The molecule has 0 aliphatic carbocycles. The Labute approximate surface area is 204 Å². The Bertz CT molecular complexity index is 1330. The Morgan fingerprint density at radius 3 is 2.29 bits per heavy atom. The van der Waals surface area contributed by atoms with Gasteiger partial charge in [0.05, 0.1) is 24.8 Å². The van der Waals surface area contributed by atoms with Crippen molar-refractivity contribution in [1.82, 2.24) is 10.4 Å². The minimum atomic E-state index is -0.979. The summed E-state index contributed by atoms with van der Waals surface area (Å²) < 4.78 is 5.55. The molecule has 3 aromatic rings. The van der Waals surface area contributed by atoms with Crippen molar-refractivity contribution in [2.75, 3.05) is 12.0 Å². The number of methoxy groups -OCH3 is 1.